The summed E-state index contributed by atoms with van der Waals surface area (Å²) in [6, 6.07) is -1.00. The van der Waals surface area contributed by atoms with Gasteiger partial charge in [0.25, 0.3) is 0 Å². The molecule has 1 aliphatic heterocycles. The van der Waals surface area contributed by atoms with Crippen LogP contribution in [0.1, 0.15) is 0 Å². The summed E-state index contributed by atoms with van der Waals surface area (Å²) in [4.78, 5) is 31.7. The van der Waals surface area contributed by atoms with Gasteiger partial charge in [0.1, 0.15) is 6.54 Å². The van der Waals surface area contributed by atoms with Crippen LogP contribution in [-0.4, -0.2) is 46.9 Å². The van der Waals surface area contributed by atoms with Crippen LogP contribution >= 0.6 is 0 Å². The molecule has 0 bridgehead atoms. The standard InChI is InChI=1S/C6H6F2N2O4/c7-6(8,4(12)13)2-10-3(11)1-9-5(10)14/h1-2H2,(H,9,14)(H,12,13). The first-order chi connectivity index (χ1) is 6.34. The zero-order chi connectivity index (χ0) is 10.9. The summed E-state index contributed by atoms with van der Waals surface area (Å²) in [6.45, 7) is -1.82. The van der Waals surface area contributed by atoms with Gasteiger partial charge in [-0.25, -0.2) is 9.59 Å². The van der Waals surface area contributed by atoms with Gasteiger partial charge in [0.15, 0.2) is 0 Å². The van der Waals surface area contributed by atoms with E-state index in [1.165, 1.54) is 0 Å². The number of halogens is 2. The second kappa shape index (κ2) is 3.20. The van der Waals surface area contributed by atoms with Crippen molar-refractivity contribution >= 4 is 17.9 Å². The van der Waals surface area contributed by atoms with Crippen LogP contribution in [0.5, 0.6) is 0 Å². The monoisotopic (exact) mass is 208 g/mol. The second-order valence-electron chi connectivity index (χ2n) is 2.65. The van der Waals surface area contributed by atoms with Crippen molar-refractivity contribution in [1.29, 1.82) is 0 Å². The van der Waals surface area contributed by atoms with Gasteiger partial charge in [-0.2, -0.15) is 8.78 Å². The third kappa shape index (κ3) is 1.78. The highest BCUT2D eigenvalue weighted by molar-refractivity contribution is 6.02. The number of carbonyl (C=O) groups is 3. The van der Waals surface area contributed by atoms with Crippen molar-refractivity contribution in [2.75, 3.05) is 13.1 Å². The predicted molar refractivity (Wildman–Crippen MR) is 37.7 cm³/mol. The van der Waals surface area contributed by atoms with Gasteiger partial charge >= 0.3 is 17.9 Å². The zero-order valence-corrected chi connectivity index (χ0v) is 6.79. The van der Waals surface area contributed by atoms with Crippen molar-refractivity contribution in [3.63, 3.8) is 0 Å². The molecule has 1 saturated heterocycles. The highest BCUT2D eigenvalue weighted by Crippen LogP contribution is 2.16. The highest BCUT2D eigenvalue weighted by Gasteiger charge is 2.45. The molecule has 1 fully saturated rings. The minimum Gasteiger partial charge on any atom is -0.477 e. The number of alkyl halides is 2. The fraction of sp³-hybridized carbons (Fsp3) is 0.500. The molecule has 14 heavy (non-hydrogen) atoms. The van der Waals surface area contributed by atoms with Gasteiger partial charge in [0.2, 0.25) is 5.91 Å². The van der Waals surface area contributed by atoms with E-state index in [1.807, 2.05) is 5.32 Å². The second-order valence-corrected chi connectivity index (χ2v) is 2.65. The Balaban J connectivity index is 2.73. The summed E-state index contributed by atoms with van der Waals surface area (Å²) in [5, 5.41) is 10.0. The molecule has 2 N–H and O–H groups in total. The molecule has 1 heterocycles. The highest BCUT2D eigenvalue weighted by atomic mass is 19.3. The molecule has 3 amide bonds. The number of hydrogen-bond acceptors (Lipinski definition) is 3. The number of nitrogens with one attached hydrogen (secondary N) is 1. The Kier molecular flexibility index (Phi) is 2.37. The largest absolute Gasteiger partial charge is 0.477 e. The Morgan fingerprint density at radius 2 is 2.14 bits per heavy atom. The number of rotatable bonds is 3. The van der Waals surface area contributed by atoms with Crippen molar-refractivity contribution in [3.8, 4) is 0 Å². The van der Waals surface area contributed by atoms with Gasteiger partial charge in [0, 0.05) is 0 Å². The van der Waals surface area contributed by atoms with Crippen LogP contribution in [0.15, 0.2) is 0 Å². The van der Waals surface area contributed by atoms with Crippen LogP contribution in [0.3, 0.4) is 0 Å². The molecule has 0 saturated carbocycles. The summed E-state index contributed by atoms with van der Waals surface area (Å²) >= 11 is 0. The van der Waals surface area contributed by atoms with Crippen LogP contribution in [-0.2, 0) is 9.59 Å². The molecule has 0 atom stereocenters. The van der Waals surface area contributed by atoms with E-state index in [1.54, 1.807) is 0 Å². The fourth-order valence-corrected chi connectivity index (χ4v) is 0.882. The molecular weight excluding hydrogens is 202 g/mol. The Labute approximate surface area is 76.5 Å². The summed E-state index contributed by atoms with van der Waals surface area (Å²) in [7, 11) is 0. The van der Waals surface area contributed by atoms with Crippen LogP contribution < -0.4 is 5.32 Å². The van der Waals surface area contributed by atoms with E-state index >= 15 is 0 Å². The van der Waals surface area contributed by atoms with Crippen LogP contribution in [0.4, 0.5) is 13.6 Å². The lowest BCUT2D eigenvalue weighted by Crippen LogP contribution is -2.45. The summed E-state index contributed by atoms with van der Waals surface area (Å²) in [5.74, 6) is -7.35. The maximum absolute atomic E-state index is 12.6. The van der Waals surface area contributed by atoms with Gasteiger partial charge in [-0.3, -0.25) is 9.69 Å². The third-order valence-corrected chi connectivity index (χ3v) is 1.61. The van der Waals surface area contributed by atoms with E-state index in [2.05, 4.69) is 0 Å². The number of amides is 3. The number of carboxylic acid groups (broad SMARTS) is 1. The molecule has 0 radical (unpaired) electrons. The summed E-state index contributed by atoms with van der Waals surface area (Å²) < 4.78 is 25.1. The molecule has 0 aromatic carbocycles. The smallest absolute Gasteiger partial charge is 0.376 e. The summed E-state index contributed by atoms with van der Waals surface area (Å²) in [5.41, 5.74) is 0. The lowest BCUT2D eigenvalue weighted by atomic mass is 10.3. The molecule has 1 aliphatic rings. The van der Waals surface area contributed by atoms with E-state index in [0.29, 0.717) is 0 Å². The molecular formula is C6H6F2N2O4. The third-order valence-electron chi connectivity index (χ3n) is 1.61. The minimum absolute atomic E-state index is 0.175. The van der Waals surface area contributed by atoms with Crippen LogP contribution in [0.2, 0.25) is 0 Å². The van der Waals surface area contributed by atoms with Crippen LogP contribution in [0.25, 0.3) is 0 Å². The van der Waals surface area contributed by atoms with Crippen molar-refractivity contribution in [1.82, 2.24) is 10.2 Å². The molecule has 0 aliphatic carbocycles. The molecule has 0 aromatic rings. The summed E-state index contributed by atoms with van der Waals surface area (Å²) in [6.07, 6.45) is 0. The Morgan fingerprint density at radius 1 is 1.57 bits per heavy atom. The van der Waals surface area contributed by atoms with Gasteiger partial charge in [0.05, 0.1) is 6.54 Å². The molecule has 8 heteroatoms. The molecule has 0 spiro atoms. The number of aliphatic carboxylic acids is 1. The van der Waals surface area contributed by atoms with Gasteiger partial charge < -0.3 is 10.4 Å². The van der Waals surface area contributed by atoms with Crippen molar-refractivity contribution in [2.45, 2.75) is 5.92 Å². The van der Waals surface area contributed by atoms with E-state index in [4.69, 9.17) is 5.11 Å². The van der Waals surface area contributed by atoms with Crippen molar-refractivity contribution in [2.24, 2.45) is 0 Å². The van der Waals surface area contributed by atoms with Gasteiger partial charge in [-0.15, -0.1) is 0 Å². The Bertz CT molecular complexity index is 288. The quantitative estimate of drug-likeness (QED) is 0.598. The molecule has 1 rings (SSSR count). The van der Waals surface area contributed by atoms with Gasteiger partial charge in [-0.05, 0) is 0 Å². The van der Waals surface area contributed by atoms with Gasteiger partial charge in [-0.1, -0.05) is 0 Å². The normalized spacial score (nSPS) is 17.1. The lowest BCUT2D eigenvalue weighted by Gasteiger charge is -2.17. The lowest BCUT2D eigenvalue weighted by molar-refractivity contribution is -0.166. The average Bonchev–Trinajstić information content (AvgIpc) is 2.35. The maximum atomic E-state index is 12.6. The number of imide groups is 1. The van der Waals surface area contributed by atoms with E-state index < -0.39 is 30.4 Å². The van der Waals surface area contributed by atoms with Crippen molar-refractivity contribution in [3.05, 3.63) is 0 Å². The number of carboxylic acids is 1. The first-order valence-electron chi connectivity index (χ1n) is 3.54. The SMILES string of the molecule is O=C1CNC(=O)N1CC(F)(F)C(=O)O. The molecule has 0 unspecified atom stereocenters. The van der Waals surface area contributed by atoms with E-state index in [0.717, 1.165) is 0 Å². The Morgan fingerprint density at radius 3 is 2.50 bits per heavy atom. The number of hydrogen-bond donors (Lipinski definition) is 2. The fourth-order valence-electron chi connectivity index (χ4n) is 0.882. The van der Waals surface area contributed by atoms with E-state index in [-0.39, 0.29) is 11.4 Å². The number of nitrogens with zero attached hydrogens (tertiary/aromatic N) is 1. The minimum atomic E-state index is -4.11. The van der Waals surface area contributed by atoms with Crippen molar-refractivity contribution < 1.29 is 28.3 Å². The topological polar surface area (TPSA) is 86.7 Å². The zero-order valence-electron chi connectivity index (χ0n) is 6.79. The maximum Gasteiger partial charge on any atom is 0.376 e. The number of urea groups is 1. The van der Waals surface area contributed by atoms with E-state index in [9.17, 15) is 23.2 Å². The first kappa shape index (κ1) is 10.4. The Hall–Kier alpha value is -1.73. The molecule has 6 nitrogen and oxygen atoms in total. The average molecular weight is 208 g/mol. The van der Waals surface area contributed by atoms with Crippen LogP contribution in [0, 0.1) is 0 Å². The predicted octanol–water partition coefficient (Wildman–Crippen LogP) is -0.742. The first-order valence-corrected chi connectivity index (χ1v) is 3.54. The molecule has 0 aromatic heterocycles. The number of carbonyl (C=O) groups excluding carboxylic acids is 2. The molecule has 78 valence electrons.